The molecule has 3 aromatic rings. The number of alkyl halides is 3. The fourth-order valence-corrected chi connectivity index (χ4v) is 3.67. The third-order valence-corrected chi connectivity index (χ3v) is 5.52. The number of anilines is 1. The van der Waals surface area contributed by atoms with Gasteiger partial charge in [0.05, 0.1) is 18.4 Å². The largest absolute Gasteiger partial charge is 0.490 e. The highest BCUT2D eigenvalue weighted by Crippen LogP contribution is 2.34. The maximum absolute atomic E-state index is 12.9. The van der Waals surface area contributed by atoms with Gasteiger partial charge in [-0.15, -0.1) is 6.58 Å². The predicted molar refractivity (Wildman–Crippen MR) is 147 cm³/mol. The molecule has 2 N–H and O–H groups in total. The first-order valence-electron chi connectivity index (χ1n) is 12.5. The zero-order valence-corrected chi connectivity index (χ0v) is 22.2. The summed E-state index contributed by atoms with van der Waals surface area (Å²) in [5.74, 6) is -0.443. The summed E-state index contributed by atoms with van der Waals surface area (Å²) in [4.78, 5) is 24.3. The van der Waals surface area contributed by atoms with Gasteiger partial charge < -0.3 is 14.8 Å². The van der Waals surface area contributed by atoms with Gasteiger partial charge >= 0.3 is 6.18 Å². The van der Waals surface area contributed by atoms with E-state index in [0.29, 0.717) is 36.7 Å². The molecule has 0 saturated heterocycles. The molecule has 0 aromatic heterocycles. The molecule has 0 saturated carbocycles. The molecule has 2 amide bonds. The molecule has 0 radical (unpaired) electrons. The number of ether oxygens (including phenoxy) is 2. The number of nitrogens with zero attached hydrogens (tertiary/aromatic N) is 1. The van der Waals surface area contributed by atoms with Gasteiger partial charge in [-0.05, 0) is 61.7 Å². The van der Waals surface area contributed by atoms with Gasteiger partial charge in [0, 0.05) is 11.3 Å². The predicted octanol–water partition coefficient (Wildman–Crippen LogP) is 6.20. The van der Waals surface area contributed by atoms with E-state index in [1.54, 1.807) is 12.1 Å². The summed E-state index contributed by atoms with van der Waals surface area (Å²) in [6.45, 7) is 8.41. The number of rotatable bonds is 12. The second-order valence-electron chi connectivity index (χ2n) is 8.80. The first-order chi connectivity index (χ1) is 19.1. The van der Waals surface area contributed by atoms with Crippen molar-refractivity contribution in [2.45, 2.75) is 39.5 Å². The van der Waals surface area contributed by atoms with Crippen molar-refractivity contribution < 1.29 is 32.2 Å². The van der Waals surface area contributed by atoms with Crippen molar-refractivity contribution in [2.75, 3.05) is 11.9 Å². The molecule has 0 atom stereocenters. The minimum atomic E-state index is -4.55. The van der Waals surface area contributed by atoms with E-state index in [4.69, 9.17) is 9.47 Å². The normalized spacial score (nSPS) is 11.2. The van der Waals surface area contributed by atoms with Crippen LogP contribution in [0.5, 0.6) is 11.5 Å². The summed E-state index contributed by atoms with van der Waals surface area (Å²) in [6, 6.07) is 15.7. The van der Waals surface area contributed by atoms with E-state index in [9.17, 15) is 22.8 Å². The minimum absolute atomic E-state index is 0.0704. The van der Waals surface area contributed by atoms with E-state index >= 15 is 0 Å². The van der Waals surface area contributed by atoms with Gasteiger partial charge in [-0.3, -0.25) is 9.59 Å². The van der Waals surface area contributed by atoms with E-state index in [0.717, 1.165) is 28.8 Å². The number of carbonyl (C=O) groups excluding carboxylic acids is 2. The third-order valence-electron chi connectivity index (χ3n) is 5.52. The van der Waals surface area contributed by atoms with Gasteiger partial charge in [0.15, 0.2) is 11.5 Å². The highest BCUT2D eigenvalue weighted by atomic mass is 19.4. The van der Waals surface area contributed by atoms with Gasteiger partial charge in [0.25, 0.3) is 0 Å². The standard InChI is InChI=1S/C30H30F3N3O4/c1-4-7-23-14-22(15-26(39-5-2)29(23)40-19-21-12-10-20(3)11-13-21)18-34-36-28(38)17-27(37)35-25-9-6-8-24(16-25)30(31,32)33/h4,6,8-16,18H,1,5,7,17,19H2,2-3H3,(H,35,37)(H,36,38). The Morgan fingerprint density at radius 2 is 1.77 bits per heavy atom. The summed E-state index contributed by atoms with van der Waals surface area (Å²) in [5, 5.41) is 6.18. The molecule has 0 aliphatic rings. The minimum Gasteiger partial charge on any atom is -0.490 e. The molecule has 0 unspecified atom stereocenters. The van der Waals surface area contributed by atoms with Crippen LogP contribution < -0.4 is 20.2 Å². The van der Waals surface area contributed by atoms with Gasteiger partial charge in [-0.25, -0.2) is 5.43 Å². The van der Waals surface area contributed by atoms with Crippen molar-refractivity contribution in [3.8, 4) is 11.5 Å². The van der Waals surface area contributed by atoms with Crippen molar-refractivity contribution in [3.63, 3.8) is 0 Å². The van der Waals surface area contributed by atoms with Crippen LogP contribution in [0, 0.1) is 6.92 Å². The highest BCUT2D eigenvalue weighted by Gasteiger charge is 2.30. The number of hydrazone groups is 1. The Labute approximate surface area is 230 Å². The molecule has 10 heteroatoms. The van der Waals surface area contributed by atoms with Crippen LogP contribution in [0.25, 0.3) is 0 Å². The lowest BCUT2D eigenvalue weighted by molar-refractivity contribution is -0.137. The van der Waals surface area contributed by atoms with E-state index in [1.807, 2.05) is 44.2 Å². The number of hydrogen-bond donors (Lipinski definition) is 2. The van der Waals surface area contributed by atoms with E-state index in [-0.39, 0.29) is 5.69 Å². The van der Waals surface area contributed by atoms with Crippen LogP contribution in [0.4, 0.5) is 18.9 Å². The molecule has 7 nitrogen and oxygen atoms in total. The molecule has 0 spiro atoms. The van der Waals surface area contributed by atoms with E-state index < -0.39 is 30.0 Å². The summed E-state index contributed by atoms with van der Waals surface area (Å²) < 4.78 is 50.5. The maximum Gasteiger partial charge on any atom is 0.416 e. The van der Waals surface area contributed by atoms with Crippen molar-refractivity contribution in [3.05, 3.63) is 101 Å². The molecule has 0 bridgehead atoms. The Bertz CT molecular complexity index is 1370. The Balaban J connectivity index is 1.65. The molecule has 0 aliphatic carbocycles. The van der Waals surface area contributed by atoms with Crippen LogP contribution in [-0.4, -0.2) is 24.6 Å². The zero-order valence-electron chi connectivity index (χ0n) is 22.2. The smallest absolute Gasteiger partial charge is 0.416 e. The second kappa shape index (κ2) is 14.0. The summed E-state index contributed by atoms with van der Waals surface area (Å²) in [5.41, 5.74) is 4.84. The molecule has 40 heavy (non-hydrogen) atoms. The number of allylic oxidation sites excluding steroid dienone is 1. The lowest BCUT2D eigenvalue weighted by atomic mass is 10.1. The molecule has 210 valence electrons. The van der Waals surface area contributed by atoms with Crippen LogP contribution >= 0.6 is 0 Å². The van der Waals surface area contributed by atoms with Gasteiger partial charge in [0.2, 0.25) is 11.8 Å². The number of nitrogens with one attached hydrogen (secondary N) is 2. The maximum atomic E-state index is 12.9. The molecular weight excluding hydrogens is 523 g/mol. The quantitative estimate of drug-likeness (QED) is 0.121. The van der Waals surface area contributed by atoms with Gasteiger partial charge in [-0.1, -0.05) is 42.0 Å². The van der Waals surface area contributed by atoms with Crippen LogP contribution in [0.1, 0.15) is 41.2 Å². The lowest BCUT2D eigenvalue weighted by Gasteiger charge is -2.17. The third kappa shape index (κ3) is 9.00. The summed E-state index contributed by atoms with van der Waals surface area (Å²) in [7, 11) is 0. The first kappa shape index (κ1) is 29.9. The number of amides is 2. The van der Waals surface area contributed by atoms with Crippen LogP contribution in [-0.2, 0) is 28.8 Å². The van der Waals surface area contributed by atoms with Crippen molar-refractivity contribution in [2.24, 2.45) is 5.10 Å². The van der Waals surface area contributed by atoms with Crippen molar-refractivity contribution in [1.29, 1.82) is 0 Å². The summed E-state index contributed by atoms with van der Waals surface area (Å²) >= 11 is 0. The lowest BCUT2D eigenvalue weighted by Crippen LogP contribution is -2.24. The SMILES string of the molecule is C=CCc1cc(C=NNC(=O)CC(=O)Nc2cccc(C(F)(F)F)c2)cc(OCC)c1OCc1ccc(C)cc1. The fraction of sp³-hybridized carbons (Fsp3) is 0.233. The average molecular weight is 554 g/mol. The number of carbonyl (C=O) groups is 2. The van der Waals surface area contributed by atoms with Crippen LogP contribution in [0.3, 0.4) is 0 Å². The number of aryl methyl sites for hydroxylation is 1. The zero-order chi connectivity index (χ0) is 29.1. The fourth-order valence-electron chi connectivity index (χ4n) is 3.67. The Hall–Kier alpha value is -4.60. The first-order valence-corrected chi connectivity index (χ1v) is 12.5. The van der Waals surface area contributed by atoms with Crippen LogP contribution in [0.2, 0.25) is 0 Å². The molecule has 3 rings (SSSR count). The molecule has 0 aliphatic heterocycles. The average Bonchev–Trinajstić information content (AvgIpc) is 2.89. The van der Waals surface area contributed by atoms with Crippen LogP contribution in [0.15, 0.2) is 78.4 Å². The Kier molecular flexibility index (Phi) is 10.5. The molecule has 0 heterocycles. The second-order valence-corrected chi connectivity index (χ2v) is 8.80. The molecule has 0 fully saturated rings. The Morgan fingerprint density at radius 3 is 2.45 bits per heavy atom. The van der Waals surface area contributed by atoms with Gasteiger partial charge in [-0.2, -0.15) is 18.3 Å². The molecular formula is C30H30F3N3O4. The topological polar surface area (TPSA) is 89.0 Å². The van der Waals surface area contributed by atoms with E-state index in [1.165, 1.54) is 18.3 Å². The number of hydrogen-bond acceptors (Lipinski definition) is 5. The van der Waals surface area contributed by atoms with Gasteiger partial charge in [0.1, 0.15) is 13.0 Å². The monoisotopic (exact) mass is 553 g/mol. The number of benzene rings is 3. The van der Waals surface area contributed by atoms with Crippen molar-refractivity contribution >= 4 is 23.7 Å². The highest BCUT2D eigenvalue weighted by molar-refractivity contribution is 6.03. The summed E-state index contributed by atoms with van der Waals surface area (Å²) in [6.07, 6.45) is -1.57. The van der Waals surface area contributed by atoms with Crippen molar-refractivity contribution in [1.82, 2.24) is 5.43 Å². The number of halogens is 3. The molecule has 3 aromatic carbocycles. The Morgan fingerprint density at radius 1 is 1.02 bits per heavy atom. The van der Waals surface area contributed by atoms with E-state index in [2.05, 4.69) is 22.4 Å².